The molecule has 0 fully saturated rings. The first-order valence-electron chi connectivity index (χ1n) is 7.89. The predicted octanol–water partition coefficient (Wildman–Crippen LogP) is 4.79. The van der Waals surface area contributed by atoms with Crippen molar-refractivity contribution in [1.82, 2.24) is 0 Å². The van der Waals surface area contributed by atoms with Crippen LogP contribution in [-0.4, -0.2) is 17.0 Å². The van der Waals surface area contributed by atoms with Crippen molar-refractivity contribution >= 4 is 29.2 Å². The molecule has 0 spiro atoms. The molecule has 2 N–H and O–H groups in total. The van der Waals surface area contributed by atoms with Crippen molar-refractivity contribution in [3.8, 4) is 11.1 Å². The fourth-order valence-electron chi connectivity index (χ4n) is 2.74. The number of hydrogen-bond acceptors (Lipinski definition) is 3. The molecule has 3 aromatic rings. The minimum Gasteiger partial charge on any atom is -0.478 e. The summed E-state index contributed by atoms with van der Waals surface area (Å²) in [6.45, 7) is 1.70. The first-order chi connectivity index (χ1) is 12.4. The van der Waals surface area contributed by atoms with Gasteiger partial charge in [0.15, 0.2) is 0 Å². The molecule has 1 amide bonds. The Hall–Kier alpha value is -3.05. The van der Waals surface area contributed by atoms with E-state index in [1.165, 1.54) is 6.07 Å². The summed E-state index contributed by atoms with van der Waals surface area (Å²) < 4.78 is 5.08. The van der Waals surface area contributed by atoms with Crippen LogP contribution in [0, 0.1) is 6.92 Å². The number of carbonyl (C=O) groups excluding carboxylic acids is 1. The summed E-state index contributed by atoms with van der Waals surface area (Å²) in [5.74, 6) is -1.45. The number of aromatic carboxylic acids is 1. The average Bonchev–Trinajstić information content (AvgIpc) is 3.11. The Labute approximate surface area is 155 Å². The van der Waals surface area contributed by atoms with Gasteiger partial charge in [0, 0.05) is 10.6 Å². The second-order valence-corrected chi connectivity index (χ2v) is 6.32. The fourth-order valence-corrected chi connectivity index (χ4v) is 3.01. The van der Waals surface area contributed by atoms with E-state index in [0.717, 1.165) is 16.7 Å². The van der Waals surface area contributed by atoms with Crippen LogP contribution in [0.2, 0.25) is 5.02 Å². The Balaban J connectivity index is 1.80. The molecule has 0 radical (unpaired) electrons. The number of amides is 1. The number of benzene rings is 2. The summed E-state index contributed by atoms with van der Waals surface area (Å²) in [5.41, 5.74) is 3.50. The van der Waals surface area contributed by atoms with Gasteiger partial charge >= 0.3 is 5.97 Å². The van der Waals surface area contributed by atoms with Crippen LogP contribution in [-0.2, 0) is 11.2 Å². The Bertz CT molecular complexity index is 964. The molecule has 2 aromatic carbocycles. The van der Waals surface area contributed by atoms with Gasteiger partial charge in [-0.1, -0.05) is 35.9 Å². The number of nitrogens with one attached hydrogen (secondary N) is 1. The quantitative estimate of drug-likeness (QED) is 0.677. The van der Waals surface area contributed by atoms with E-state index in [1.807, 2.05) is 30.3 Å². The van der Waals surface area contributed by atoms with Crippen molar-refractivity contribution in [3.63, 3.8) is 0 Å². The molecule has 0 aliphatic heterocycles. The van der Waals surface area contributed by atoms with Crippen LogP contribution >= 0.6 is 11.6 Å². The van der Waals surface area contributed by atoms with Gasteiger partial charge in [-0.15, -0.1) is 0 Å². The highest BCUT2D eigenvalue weighted by Gasteiger charge is 2.16. The highest BCUT2D eigenvalue weighted by atomic mass is 35.5. The number of aryl methyl sites for hydroxylation is 1. The molecule has 132 valence electrons. The summed E-state index contributed by atoms with van der Waals surface area (Å²) >= 11 is 5.92. The Morgan fingerprint density at radius 3 is 2.65 bits per heavy atom. The first-order valence-corrected chi connectivity index (χ1v) is 8.26. The lowest BCUT2D eigenvalue weighted by atomic mass is 10.0. The van der Waals surface area contributed by atoms with Gasteiger partial charge < -0.3 is 14.8 Å². The Morgan fingerprint density at radius 2 is 1.96 bits per heavy atom. The number of anilines is 1. The van der Waals surface area contributed by atoms with Crippen LogP contribution in [0.3, 0.4) is 0 Å². The van der Waals surface area contributed by atoms with Crippen LogP contribution in [0.15, 0.2) is 59.4 Å². The van der Waals surface area contributed by atoms with Crippen LogP contribution in [0.4, 0.5) is 5.69 Å². The zero-order valence-corrected chi connectivity index (χ0v) is 14.7. The van der Waals surface area contributed by atoms with E-state index < -0.39 is 5.97 Å². The van der Waals surface area contributed by atoms with Gasteiger partial charge in [-0.3, -0.25) is 4.79 Å². The summed E-state index contributed by atoms with van der Waals surface area (Å²) in [6, 6.07) is 12.3. The van der Waals surface area contributed by atoms with Gasteiger partial charge in [0.25, 0.3) is 0 Å². The van der Waals surface area contributed by atoms with Gasteiger partial charge in [0.1, 0.15) is 0 Å². The molecule has 6 heteroatoms. The van der Waals surface area contributed by atoms with Crippen molar-refractivity contribution in [2.75, 3.05) is 5.32 Å². The number of carboxylic acids is 1. The monoisotopic (exact) mass is 369 g/mol. The third kappa shape index (κ3) is 3.95. The van der Waals surface area contributed by atoms with Crippen LogP contribution in [0.25, 0.3) is 11.1 Å². The normalized spacial score (nSPS) is 10.5. The van der Waals surface area contributed by atoms with E-state index in [4.69, 9.17) is 16.0 Å². The van der Waals surface area contributed by atoms with Crippen molar-refractivity contribution in [2.45, 2.75) is 13.3 Å². The lowest BCUT2D eigenvalue weighted by Gasteiger charge is -2.12. The summed E-state index contributed by atoms with van der Waals surface area (Å²) in [7, 11) is 0. The largest absolute Gasteiger partial charge is 0.478 e. The van der Waals surface area contributed by atoms with E-state index in [-0.39, 0.29) is 23.6 Å². The molecule has 1 aromatic heterocycles. The third-order valence-corrected chi connectivity index (χ3v) is 4.16. The lowest BCUT2D eigenvalue weighted by molar-refractivity contribution is -0.115. The highest BCUT2D eigenvalue weighted by molar-refractivity contribution is 6.31. The van der Waals surface area contributed by atoms with Crippen molar-refractivity contribution in [1.29, 1.82) is 0 Å². The lowest BCUT2D eigenvalue weighted by Crippen LogP contribution is -2.18. The third-order valence-electron chi connectivity index (χ3n) is 3.94. The van der Waals surface area contributed by atoms with Crippen molar-refractivity contribution in [3.05, 3.63) is 76.7 Å². The van der Waals surface area contributed by atoms with E-state index in [9.17, 15) is 14.7 Å². The maximum Gasteiger partial charge on any atom is 0.337 e. The molecule has 0 aliphatic carbocycles. The van der Waals surface area contributed by atoms with Crippen molar-refractivity contribution in [2.24, 2.45) is 0 Å². The number of carbonyl (C=O) groups is 2. The molecule has 1 heterocycles. The summed E-state index contributed by atoms with van der Waals surface area (Å²) in [6.07, 6.45) is 3.34. The second kappa shape index (κ2) is 7.45. The van der Waals surface area contributed by atoms with E-state index in [0.29, 0.717) is 10.6 Å². The smallest absolute Gasteiger partial charge is 0.337 e. The van der Waals surface area contributed by atoms with Gasteiger partial charge in [-0.25, -0.2) is 4.79 Å². The zero-order chi connectivity index (χ0) is 18.7. The molecule has 0 atom stereocenters. The first kappa shape index (κ1) is 17.8. The van der Waals surface area contributed by atoms with E-state index in [2.05, 4.69) is 5.32 Å². The standard InChI is InChI=1S/C20H16ClNO4/c1-12-7-16(21)10-17(20(24)25)19(12)22-18(23)9-13-3-2-4-14(8-13)15-5-6-26-11-15/h2-8,10-11H,9H2,1H3,(H,22,23)(H,24,25). The molecule has 0 unspecified atom stereocenters. The molecule has 26 heavy (non-hydrogen) atoms. The Kier molecular flexibility index (Phi) is 5.09. The summed E-state index contributed by atoms with van der Waals surface area (Å²) in [4.78, 5) is 23.9. The summed E-state index contributed by atoms with van der Waals surface area (Å²) in [5, 5.41) is 12.3. The van der Waals surface area contributed by atoms with E-state index in [1.54, 1.807) is 25.5 Å². The predicted molar refractivity (Wildman–Crippen MR) is 99.6 cm³/mol. The van der Waals surface area contributed by atoms with Gasteiger partial charge in [0.2, 0.25) is 5.91 Å². The Morgan fingerprint density at radius 1 is 1.15 bits per heavy atom. The number of halogens is 1. The molecule has 3 rings (SSSR count). The number of furan rings is 1. The zero-order valence-electron chi connectivity index (χ0n) is 14.0. The molecule has 0 aliphatic rings. The fraction of sp³-hybridized carbons (Fsp3) is 0.100. The molecule has 0 saturated heterocycles. The maximum absolute atomic E-state index is 12.4. The second-order valence-electron chi connectivity index (χ2n) is 5.89. The molecule has 5 nitrogen and oxygen atoms in total. The number of carboxylic acid groups (broad SMARTS) is 1. The van der Waals surface area contributed by atoms with Gasteiger partial charge in [0.05, 0.1) is 30.2 Å². The van der Waals surface area contributed by atoms with E-state index >= 15 is 0 Å². The number of hydrogen-bond donors (Lipinski definition) is 2. The minimum absolute atomic E-state index is 0.0319. The average molecular weight is 370 g/mol. The molecular weight excluding hydrogens is 354 g/mol. The molecular formula is C20H16ClNO4. The number of rotatable bonds is 5. The topological polar surface area (TPSA) is 79.5 Å². The highest BCUT2D eigenvalue weighted by Crippen LogP contribution is 2.26. The van der Waals surface area contributed by atoms with Gasteiger partial charge in [-0.2, -0.15) is 0 Å². The minimum atomic E-state index is -1.15. The van der Waals surface area contributed by atoms with Crippen molar-refractivity contribution < 1.29 is 19.1 Å². The maximum atomic E-state index is 12.4. The van der Waals surface area contributed by atoms with Crippen LogP contribution in [0.5, 0.6) is 0 Å². The van der Waals surface area contributed by atoms with Crippen LogP contribution < -0.4 is 5.32 Å². The SMILES string of the molecule is Cc1cc(Cl)cc(C(=O)O)c1NC(=O)Cc1cccc(-c2ccoc2)c1. The molecule has 0 bridgehead atoms. The molecule has 0 saturated carbocycles. The van der Waals surface area contributed by atoms with Crippen LogP contribution in [0.1, 0.15) is 21.5 Å². The van der Waals surface area contributed by atoms with Gasteiger partial charge in [-0.05, 0) is 41.8 Å².